The van der Waals surface area contributed by atoms with Gasteiger partial charge in [0.05, 0.1) is 0 Å². The van der Waals surface area contributed by atoms with Gasteiger partial charge in [0.25, 0.3) is 0 Å². The number of carbonyl (C=O) groups is 1. The molecule has 0 aliphatic heterocycles. The lowest BCUT2D eigenvalue weighted by Crippen LogP contribution is -2.18. The van der Waals surface area contributed by atoms with Gasteiger partial charge in [0, 0.05) is 6.42 Å². The summed E-state index contributed by atoms with van der Waals surface area (Å²) in [5, 5.41) is 11.8. The van der Waals surface area contributed by atoms with Crippen molar-refractivity contribution in [2.24, 2.45) is 0 Å². The molecule has 0 aromatic heterocycles. The van der Waals surface area contributed by atoms with Crippen molar-refractivity contribution in [3.8, 4) is 0 Å². The van der Waals surface area contributed by atoms with Crippen molar-refractivity contribution in [2.45, 2.75) is 116 Å². The van der Waals surface area contributed by atoms with Crippen LogP contribution >= 0.6 is 0 Å². The fraction of sp³-hybridized carbons (Fsp3) is 0.947. The van der Waals surface area contributed by atoms with Crippen molar-refractivity contribution in [2.75, 3.05) is 0 Å². The van der Waals surface area contributed by atoms with E-state index in [1.165, 1.54) is 57.8 Å². The van der Waals surface area contributed by atoms with E-state index in [0.717, 1.165) is 25.7 Å². The molecule has 0 aromatic carbocycles. The van der Waals surface area contributed by atoms with Gasteiger partial charge in [-0.1, -0.05) is 90.9 Å². The Morgan fingerprint density at radius 2 is 1.10 bits per heavy atom. The van der Waals surface area contributed by atoms with Crippen LogP contribution < -0.4 is 0 Å². The maximum atomic E-state index is 11.8. The van der Waals surface area contributed by atoms with E-state index >= 15 is 0 Å². The average molecular weight is 298 g/mol. The Morgan fingerprint density at radius 1 is 0.667 bits per heavy atom. The predicted molar refractivity (Wildman–Crippen MR) is 90.1 cm³/mol. The van der Waals surface area contributed by atoms with Crippen molar-refractivity contribution in [1.82, 2.24) is 0 Å². The molecular weight excluding hydrogens is 260 g/mol. The second-order valence-electron chi connectivity index (χ2n) is 6.38. The van der Waals surface area contributed by atoms with Crippen LogP contribution in [0.4, 0.5) is 0 Å². The number of hydrogen-bond donors (Lipinski definition) is 0. The minimum Gasteiger partial charge on any atom is -0.297 e. The van der Waals surface area contributed by atoms with Gasteiger partial charge in [0.15, 0.2) is 11.9 Å². The van der Waals surface area contributed by atoms with Crippen LogP contribution in [0.25, 0.3) is 0 Å². The number of Topliss-reactive ketones (excluding diaryl/α,β-unsaturated/α-hetero) is 1. The van der Waals surface area contributed by atoms with Crippen LogP contribution in [0.1, 0.15) is 110 Å². The fourth-order valence-electron chi connectivity index (χ4n) is 2.69. The third-order valence-corrected chi connectivity index (χ3v) is 4.21. The van der Waals surface area contributed by atoms with Crippen LogP contribution in [0.15, 0.2) is 0 Å². The molecule has 2 nitrogen and oxygen atoms in total. The van der Waals surface area contributed by atoms with Crippen LogP contribution in [-0.2, 0) is 9.90 Å². The summed E-state index contributed by atoms with van der Waals surface area (Å²) >= 11 is 0. The second kappa shape index (κ2) is 16.0. The molecule has 0 spiro atoms. The third kappa shape index (κ3) is 14.3. The van der Waals surface area contributed by atoms with Crippen molar-refractivity contribution in [3.05, 3.63) is 0 Å². The zero-order valence-corrected chi connectivity index (χ0v) is 14.5. The normalized spacial score (nSPS) is 12.5. The van der Waals surface area contributed by atoms with Crippen LogP contribution in [0.5, 0.6) is 0 Å². The summed E-state index contributed by atoms with van der Waals surface area (Å²) in [7, 11) is 0. The molecule has 2 heteroatoms. The number of carbonyl (C=O) groups excluding carboxylic acids is 1. The van der Waals surface area contributed by atoms with Gasteiger partial charge in [-0.15, -0.1) is 0 Å². The molecule has 1 radical (unpaired) electrons. The third-order valence-electron chi connectivity index (χ3n) is 4.21. The van der Waals surface area contributed by atoms with E-state index in [1.54, 1.807) is 0 Å². The molecule has 0 bridgehead atoms. The molecule has 0 saturated heterocycles. The van der Waals surface area contributed by atoms with Gasteiger partial charge in [-0.3, -0.25) is 4.79 Å². The summed E-state index contributed by atoms with van der Waals surface area (Å²) in [6, 6.07) is 0. The zero-order chi connectivity index (χ0) is 15.8. The quantitative estimate of drug-likeness (QED) is 0.310. The highest BCUT2D eigenvalue weighted by atomic mass is 16.3. The van der Waals surface area contributed by atoms with E-state index in [4.69, 9.17) is 0 Å². The monoisotopic (exact) mass is 297 g/mol. The maximum Gasteiger partial charge on any atom is 0.164 e. The van der Waals surface area contributed by atoms with E-state index < -0.39 is 6.10 Å². The van der Waals surface area contributed by atoms with Gasteiger partial charge in [-0.2, -0.15) is 0 Å². The summed E-state index contributed by atoms with van der Waals surface area (Å²) in [5.41, 5.74) is 0. The van der Waals surface area contributed by atoms with Crippen LogP contribution in [-0.4, -0.2) is 11.9 Å². The number of hydrogen-bond acceptors (Lipinski definition) is 1. The molecule has 0 aliphatic carbocycles. The van der Waals surface area contributed by atoms with Crippen molar-refractivity contribution < 1.29 is 9.90 Å². The largest absolute Gasteiger partial charge is 0.297 e. The van der Waals surface area contributed by atoms with Gasteiger partial charge in [0.1, 0.15) is 0 Å². The van der Waals surface area contributed by atoms with Crippen molar-refractivity contribution in [3.63, 3.8) is 0 Å². The Balaban J connectivity index is 3.36. The molecule has 0 heterocycles. The molecular formula is C19H37O2. The van der Waals surface area contributed by atoms with Crippen LogP contribution in [0.2, 0.25) is 0 Å². The zero-order valence-electron chi connectivity index (χ0n) is 14.5. The minimum absolute atomic E-state index is 0.0443. The molecule has 0 fully saturated rings. The Morgan fingerprint density at radius 3 is 1.62 bits per heavy atom. The summed E-state index contributed by atoms with van der Waals surface area (Å²) in [6.07, 6.45) is 15.6. The lowest BCUT2D eigenvalue weighted by Gasteiger charge is -2.07. The standard InChI is InChI=1S/C19H37O2/c1-3-5-7-9-11-13-15-17-19(21)18(20)16-14-12-10-8-6-4-2/h18H,3-17H2,1-2H3. The molecule has 0 rings (SSSR count). The average Bonchev–Trinajstić information content (AvgIpc) is 2.49. The Hall–Kier alpha value is -0.370. The molecule has 0 amide bonds. The lowest BCUT2D eigenvalue weighted by molar-refractivity contribution is -0.131. The van der Waals surface area contributed by atoms with E-state index in [9.17, 15) is 9.90 Å². The van der Waals surface area contributed by atoms with Crippen LogP contribution in [0.3, 0.4) is 0 Å². The van der Waals surface area contributed by atoms with Crippen molar-refractivity contribution in [1.29, 1.82) is 0 Å². The highest BCUT2D eigenvalue weighted by Gasteiger charge is 2.15. The first-order valence-electron chi connectivity index (χ1n) is 9.40. The summed E-state index contributed by atoms with van der Waals surface area (Å²) in [6.45, 7) is 4.42. The topological polar surface area (TPSA) is 37.0 Å². The highest BCUT2D eigenvalue weighted by molar-refractivity contribution is 5.82. The first-order chi connectivity index (χ1) is 10.2. The first kappa shape index (κ1) is 20.6. The van der Waals surface area contributed by atoms with Crippen molar-refractivity contribution >= 4 is 5.78 Å². The molecule has 21 heavy (non-hydrogen) atoms. The van der Waals surface area contributed by atoms with Gasteiger partial charge < -0.3 is 0 Å². The smallest absolute Gasteiger partial charge is 0.164 e. The van der Waals surface area contributed by atoms with Gasteiger partial charge in [-0.25, -0.2) is 5.11 Å². The van der Waals surface area contributed by atoms with Gasteiger partial charge in [0.2, 0.25) is 0 Å². The molecule has 125 valence electrons. The lowest BCUT2D eigenvalue weighted by atomic mass is 10.0. The van der Waals surface area contributed by atoms with Gasteiger partial charge in [-0.05, 0) is 12.8 Å². The molecule has 1 unspecified atom stereocenters. The summed E-state index contributed by atoms with van der Waals surface area (Å²) in [5.74, 6) is -0.0443. The van der Waals surface area contributed by atoms with Gasteiger partial charge >= 0.3 is 0 Å². The second-order valence-corrected chi connectivity index (χ2v) is 6.38. The summed E-state index contributed by atoms with van der Waals surface area (Å²) in [4.78, 5) is 11.7. The first-order valence-corrected chi connectivity index (χ1v) is 9.40. The number of rotatable bonds is 16. The highest BCUT2D eigenvalue weighted by Crippen LogP contribution is 2.13. The van der Waals surface area contributed by atoms with E-state index in [2.05, 4.69) is 13.8 Å². The molecule has 0 N–H and O–H groups in total. The summed E-state index contributed by atoms with van der Waals surface area (Å²) < 4.78 is 0. The fourth-order valence-corrected chi connectivity index (χ4v) is 2.69. The van der Waals surface area contributed by atoms with E-state index in [0.29, 0.717) is 12.8 Å². The number of unbranched alkanes of at least 4 members (excludes halogenated alkanes) is 11. The Kier molecular flexibility index (Phi) is 15.7. The molecule has 0 saturated carbocycles. The van der Waals surface area contributed by atoms with E-state index in [1.807, 2.05) is 0 Å². The van der Waals surface area contributed by atoms with Crippen LogP contribution in [0, 0.1) is 0 Å². The molecule has 0 aliphatic rings. The molecule has 0 aromatic rings. The Bertz CT molecular complexity index is 226. The SMILES string of the molecule is CCCCCCCCCC(=O)C([O])CCCCCCCC. The predicted octanol–water partition coefficient (Wildman–Crippen LogP) is 6.25. The Labute approximate surface area is 132 Å². The molecule has 1 atom stereocenters. The maximum absolute atomic E-state index is 11.8. The van der Waals surface area contributed by atoms with E-state index in [-0.39, 0.29) is 5.78 Å². The number of ketones is 1. The minimum atomic E-state index is -0.948.